The monoisotopic (exact) mass is 274 g/mol. The molecule has 0 saturated heterocycles. The average Bonchev–Trinajstić information content (AvgIpc) is 2.37. The van der Waals surface area contributed by atoms with Crippen molar-refractivity contribution in [3.05, 3.63) is 23.8 Å². The van der Waals surface area contributed by atoms with E-state index >= 15 is 0 Å². The number of amides is 1. The van der Waals surface area contributed by atoms with E-state index in [1.807, 2.05) is 38.9 Å². The molecule has 0 bridgehead atoms. The summed E-state index contributed by atoms with van der Waals surface area (Å²) in [5.41, 5.74) is 7.98. The summed E-state index contributed by atoms with van der Waals surface area (Å²) < 4.78 is 0. The van der Waals surface area contributed by atoms with Gasteiger partial charge < -0.3 is 15.5 Å². The highest BCUT2D eigenvalue weighted by atomic mass is 16.2. The van der Waals surface area contributed by atoms with Crippen LogP contribution in [0.3, 0.4) is 0 Å². The van der Waals surface area contributed by atoms with Crippen molar-refractivity contribution >= 4 is 17.3 Å². The molecule has 5 nitrogen and oxygen atoms in total. The molecule has 0 aromatic heterocycles. The number of hydrogen-bond acceptors (Lipinski definition) is 4. The lowest BCUT2D eigenvalue weighted by Crippen LogP contribution is -2.37. The molecule has 0 aliphatic carbocycles. The van der Waals surface area contributed by atoms with Gasteiger partial charge in [-0.1, -0.05) is 0 Å². The SMILES string of the molecule is CC(C)N(CCC#N)C(=O)c1ccc(N(C)C)c(N)c1. The predicted octanol–water partition coefficient (Wildman–Crippen LogP) is 2.10. The van der Waals surface area contributed by atoms with Crippen molar-refractivity contribution < 1.29 is 4.79 Å². The number of nitriles is 1. The Labute approximate surface area is 120 Å². The highest BCUT2D eigenvalue weighted by Crippen LogP contribution is 2.23. The lowest BCUT2D eigenvalue weighted by Gasteiger charge is -2.26. The molecule has 108 valence electrons. The van der Waals surface area contributed by atoms with Gasteiger partial charge in [-0.25, -0.2) is 0 Å². The normalized spacial score (nSPS) is 10.2. The van der Waals surface area contributed by atoms with Crippen molar-refractivity contribution in [2.75, 3.05) is 31.3 Å². The van der Waals surface area contributed by atoms with Gasteiger partial charge in [0.05, 0.1) is 23.9 Å². The van der Waals surface area contributed by atoms with Crippen molar-refractivity contribution in [3.8, 4) is 6.07 Å². The first-order valence-electron chi connectivity index (χ1n) is 6.63. The van der Waals surface area contributed by atoms with Gasteiger partial charge in [-0.3, -0.25) is 4.79 Å². The van der Waals surface area contributed by atoms with Gasteiger partial charge >= 0.3 is 0 Å². The van der Waals surface area contributed by atoms with Crippen LogP contribution in [0.2, 0.25) is 0 Å². The zero-order valence-corrected chi connectivity index (χ0v) is 12.6. The molecule has 1 aromatic carbocycles. The molecule has 2 N–H and O–H groups in total. The van der Waals surface area contributed by atoms with E-state index in [9.17, 15) is 4.79 Å². The highest BCUT2D eigenvalue weighted by Gasteiger charge is 2.19. The van der Waals surface area contributed by atoms with Crippen LogP contribution < -0.4 is 10.6 Å². The molecule has 0 atom stereocenters. The second kappa shape index (κ2) is 6.80. The standard InChI is InChI=1S/C15H22N4O/c1-11(2)19(9-5-8-16)15(20)12-6-7-14(18(3)4)13(17)10-12/h6-7,10-11H,5,9,17H2,1-4H3. The quantitative estimate of drug-likeness (QED) is 0.834. The minimum Gasteiger partial charge on any atom is -0.397 e. The summed E-state index contributed by atoms with van der Waals surface area (Å²) in [4.78, 5) is 16.1. The summed E-state index contributed by atoms with van der Waals surface area (Å²) in [6.07, 6.45) is 0.329. The summed E-state index contributed by atoms with van der Waals surface area (Å²) in [6.45, 7) is 4.31. The van der Waals surface area contributed by atoms with Crippen molar-refractivity contribution in [1.82, 2.24) is 4.90 Å². The fraction of sp³-hybridized carbons (Fsp3) is 0.467. The van der Waals surface area contributed by atoms with Gasteiger partial charge in [0, 0.05) is 32.2 Å². The topological polar surface area (TPSA) is 73.4 Å². The summed E-state index contributed by atoms with van der Waals surface area (Å²) in [7, 11) is 3.81. The fourth-order valence-corrected chi connectivity index (χ4v) is 2.03. The van der Waals surface area contributed by atoms with Crippen LogP contribution in [0, 0.1) is 11.3 Å². The number of nitrogens with zero attached hydrogens (tertiary/aromatic N) is 3. The van der Waals surface area contributed by atoms with Gasteiger partial charge in [0.15, 0.2) is 0 Å². The van der Waals surface area contributed by atoms with Crippen LogP contribution in [0.15, 0.2) is 18.2 Å². The third kappa shape index (κ3) is 3.64. The zero-order valence-electron chi connectivity index (χ0n) is 12.6. The summed E-state index contributed by atoms with van der Waals surface area (Å²) in [5.74, 6) is -0.0905. The Morgan fingerprint density at radius 1 is 1.40 bits per heavy atom. The van der Waals surface area contributed by atoms with E-state index in [0.717, 1.165) is 5.69 Å². The Bertz CT molecular complexity index is 517. The van der Waals surface area contributed by atoms with Crippen molar-refractivity contribution in [1.29, 1.82) is 5.26 Å². The zero-order chi connectivity index (χ0) is 15.3. The number of rotatable bonds is 5. The Morgan fingerprint density at radius 2 is 2.05 bits per heavy atom. The summed E-state index contributed by atoms with van der Waals surface area (Å²) in [5, 5.41) is 8.68. The minimum atomic E-state index is -0.0905. The van der Waals surface area contributed by atoms with Crippen LogP contribution in [0.5, 0.6) is 0 Å². The maximum atomic E-state index is 12.5. The van der Waals surface area contributed by atoms with Gasteiger partial charge in [0.1, 0.15) is 0 Å². The van der Waals surface area contributed by atoms with Crippen molar-refractivity contribution in [2.24, 2.45) is 0 Å². The number of nitrogens with two attached hydrogens (primary N) is 1. The van der Waals surface area contributed by atoms with E-state index in [-0.39, 0.29) is 11.9 Å². The third-order valence-electron chi connectivity index (χ3n) is 3.11. The van der Waals surface area contributed by atoms with E-state index in [4.69, 9.17) is 11.0 Å². The number of nitrogen functional groups attached to an aromatic ring is 1. The van der Waals surface area contributed by atoms with Crippen LogP contribution in [-0.2, 0) is 0 Å². The predicted molar refractivity (Wildman–Crippen MR) is 81.6 cm³/mol. The van der Waals surface area contributed by atoms with Gasteiger partial charge in [-0.05, 0) is 32.0 Å². The Kier molecular flexibility index (Phi) is 5.39. The smallest absolute Gasteiger partial charge is 0.254 e. The van der Waals surface area contributed by atoms with Crippen LogP contribution >= 0.6 is 0 Å². The molecule has 0 radical (unpaired) electrons. The molecule has 0 aliphatic rings. The largest absolute Gasteiger partial charge is 0.397 e. The second-order valence-electron chi connectivity index (χ2n) is 5.17. The first-order chi connectivity index (χ1) is 9.38. The van der Waals surface area contributed by atoms with Crippen LogP contribution in [0.25, 0.3) is 0 Å². The number of hydrogen-bond donors (Lipinski definition) is 1. The third-order valence-corrected chi connectivity index (χ3v) is 3.11. The van der Waals surface area contributed by atoms with Crippen LogP contribution in [0.4, 0.5) is 11.4 Å². The fourth-order valence-electron chi connectivity index (χ4n) is 2.03. The average molecular weight is 274 g/mol. The molecule has 0 unspecified atom stereocenters. The maximum Gasteiger partial charge on any atom is 0.254 e. The summed E-state index contributed by atoms with van der Waals surface area (Å²) in [6, 6.07) is 7.42. The maximum absolute atomic E-state index is 12.5. The molecule has 0 aliphatic heterocycles. The van der Waals surface area contributed by atoms with Gasteiger partial charge in [0.25, 0.3) is 5.91 Å². The van der Waals surface area contributed by atoms with Crippen LogP contribution in [0.1, 0.15) is 30.6 Å². The molecular weight excluding hydrogens is 252 g/mol. The number of anilines is 2. The Hall–Kier alpha value is -2.22. The van der Waals surface area contributed by atoms with E-state index in [1.54, 1.807) is 17.0 Å². The first kappa shape index (κ1) is 15.8. The molecule has 5 heteroatoms. The molecule has 1 rings (SSSR count). The van der Waals surface area contributed by atoms with E-state index < -0.39 is 0 Å². The molecule has 1 aromatic rings. The summed E-state index contributed by atoms with van der Waals surface area (Å²) >= 11 is 0. The van der Waals surface area contributed by atoms with Gasteiger partial charge in [0.2, 0.25) is 0 Å². The Balaban J connectivity index is 3.01. The van der Waals surface area contributed by atoms with Gasteiger partial charge in [-0.15, -0.1) is 0 Å². The molecule has 20 heavy (non-hydrogen) atoms. The molecule has 1 amide bonds. The second-order valence-corrected chi connectivity index (χ2v) is 5.17. The van der Waals surface area contributed by atoms with Crippen molar-refractivity contribution in [2.45, 2.75) is 26.3 Å². The molecule has 0 spiro atoms. The Morgan fingerprint density at radius 3 is 2.50 bits per heavy atom. The van der Waals surface area contributed by atoms with E-state index in [0.29, 0.717) is 24.2 Å². The van der Waals surface area contributed by atoms with Gasteiger partial charge in [-0.2, -0.15) is 5.26 Å². The highest BCUT2D eigenvalue weighted by molar-refractivity contribution is 5.96. The lowest BCUT2D eigenvalue weighted by atomic mass is 10.1. The number of benzene rings is 1. The van der Waals surface area contributed by atoms with E-state index in [1.165, 1.54) is 0 Å². The molecule has 0 heterocycles. The number of carbonyl (C=O) groups excluding carboxylic acids is 1. The minimum absolute atomic E-state index is 0.0469. The van der Waals surface area contributed by atoms with E-state index in [2.05, 4.69) is 6.07 Å². The molecular formula is C15H22N4O. The lowest BCUT2D eigenvalue weighted by molar-refractivity contribution is 0.0710. The first-order valence-corrected chi connectivity index (χ1v) is 6.63. The number of carbonyl (C=O) groups is 1. The molecule has 0 saturated carbocycles. The van der Waals surface area contributed by atoms with Crippen molar-refractivity contribution in [3.63, 3.8) is 0 Å². The molecule has 0 fully saturated rings. The van der Waals surface area contributed by atoms with Crippen LogP contribution in [-0.4, -0.2) is 37.5 Å².